The number of hydrogen-bond acceptors (Lipinski definition) is 8. The van der Waals surface area contributed by atoms with Crippen molar-refractivity contribution in [3.05, 3.63) is 5.82 Å². The van der Waals surface area contributed by atoms with E-state index in [0.717, 1.165) is 11.5 Å². The van der Waals surface area contributed by atoms with Gasteiger partial charge in [-0.2, -0.15) is 4.98 Å². The van der Waals surface area contributed by atoms with Gasteiger partial charge >= 0.3 is 0 Å². The van der Waals surface area contributed by atoms with Crippen molar-refractivity contribution >= 4 is 28.9 Å². The highest BCUT2D eigenvalue weighted by molar-refractivity contribution is 7.10. The first kappa shape index (κ1) is 11.8. The number of anilines is 1. The van der Waals surface area contributed by atoms with E-state index in [1.54, 1.807) is 6.92 Å². The lowest BCUT2D eigenvalue weighted by Gasteiger charge is -1.92. The summed E-state index contributed by atoms with van der Waals surface area (Å²) in [7, 11) is 0. The van der Waals surface area contributed by atoms with Crippen LogP contribution in [0, 0.1) is 0 Å². The molecule has 0 spiro atoms. The van der Waals surface area contributed by atoms with Gasteiger partial charge in [-0.05, 0) is 6.92 Å². The molecule has 0 radical (unpaired) electrons. The van der Waals surface area contributed by atoms with E-state index >= 15 is 0 Å². The fraction of sp³-hybridized carbons (Fsp3) is 0.333. The Kier molecular flexibility index (Phi) is 3.56. The maximum atomic E-state index is 5.59. The largest absolute Gasteiger partial charge is 0.387 e. The summed E-state index contributed by atoms with van der Waals surface area (Å²) in [6.07, 6.45) is 0. The van der Waals surface area contributed by atoms with Crippen LogP contribution in [0.25, 0.3) is 11.6 Å². The molecule has 0 aliphatic carbocycles. The zero-order valence-electron chi connectivity index (χ0n) is 7.75. The second-order valence-corrected chi connectivity index (χ2v) is 3.52. The fourth-order valence-corrected chi connectivity index (χ4v) is 1.29. The van der Waals surface area contributed by atoms with Crippen molar-refractivity contribution in [3.8, 4) is 11.6 Å². The standard InChI is InChI=1S/C6H8N6OS.ClH/c1-2(7)5-9-6(13-11-5)3-4(8)14-12-10-3;/h2H,7-8H2,1H3;1H. The Balaban J connectivity index is 0.00000112. The number of nitrogen functional groups attached to an aromatic ring is 1. The average Bonchev–Trinajstić information content (AvgIpc) is 2.71. The van der Waals surface area contributed by atoms with Crippen molar-refractivity contribution in [2.24, 2.45) is 5.73 Å². The van der Waals surface area contributed by atoms with E-state index in [1.165, 1.54) is 0 Å². The second kappa shape index (κ2) is 4.51. The van der Waals surface area contributed by atoms with Crippen LogP contribution in [0.2, 0.25) is 0 Å². The van der Waals surface area contributed by atoms with Gasteiger partial charge in [0.25, 0.3) is 5.89 Å². The predicted molar refractivity (Wildman–Crippen MR) is 57.5 cm³/mol. The third-order valence-electron chi connectivity index (χ3n) is 1.56. The molecule has 0 bridgehead atoms. The Bertz CT molecular complexity index is 440. The number of nitrogens with zero attached hydrogens (tertiary/aromatic N) is 4. The monoisotopic (exact) mass is 248 g/mol. The van der Waals surface area contributed by atoms with Gasteiger partial charge in [-0.15, -0.1) is 17.5 Å². The minimum atomic E-state index is -0.277. The predicted octanol–water partition coefficient (Wildman–Crippen LogP) is 0.612. The molecule has 0 amide bonds. The molecular weight excluding hydrogens is 240 g/mol. The number of rotatable bonds is 2. The van der Waals surface area contributed by atoms with Crippen molar-refractivity contribution in [1.29, 1.82) is 0 Å². The molecule has 82 valence electrons. The Morgan fingerprint density at radius 2 is 2.20 bits per heavy atom. The van der Waals surface area contributed by atoms with Gasteiger partial charge in [-0.25, -0.2) is 0 Å². The molecule has 0 aromatic carbocycles. The van der Waals surface area contributed by atoms with Crippen molar-refractivity contribution in [2.75, 3.05) is 5.73 Å². The normalized spacial score (nSPS) is 12.1. The lowest BCUT2D eigenvalue weighted by molar-refractivity contribution is 0.417. The van der Waals surface area contributed by atoms with E-state index in [9.17, 15) is 0 Å². The van der Waals surface area contributed by atoms with E-state index in [-0.39, 0.29) is 24.3 Å². The molecule has 0 fully saturated rings. The van der Waals surface area contributed by atoms with Gasteiger partial charge < -0.3 is 16.0 Å². The van der Waals surface area contributed by atoms with Crippen LogP contribution in [-0.2, 0) is 0 Å². The molecule has 1 unspecified atom stereocenters. The lowest BCUT2D eigenvalue weighted by Crippen LogP contribution is -2.06. The number of halogens is 1. The first-order valence-electron chi connectivity index (χ1n) is 3.86. The highest BCUT2D eigenvalue weighted by Gasteiger charge is 2.16. The topological polar surface area (TPSA) is 117 Å². The van der Waals surface area contributed by atoms with E-state index in [2.05, 4.69) is 19.7 Å². The van der Waals surface area contributed by atoms with Crippen molar-refractivity contribution in [2.45, 2.75) is 13.0 Å². The summed E-state index contributed by atoms with van der Waals surface area (Å²) in [6.45, 7) is 1.76. The van der Waals surface area contributed by atoms with Crippen LogP contribution >= 0.6 is 23.9 Å². The first-order chi connectivity index (χ1) is 6.68. The summed E-state index contributed by atoms with van der Waals surface area (Å²) in [5.74, 6) is 0.677. The fourth-order valence-electron chi connectivity index (χ4n) is 0.862. The molecule has 7 nitrogen and oxygen atoms in total. The van der Waals surface area contributed by atoms with Crippen LogP contribution in [-0.4, -0.2) is 19.7 Å². The molecule has 0 saturated carbocycles. The molecule has 1 atom stereocenters. The third kappa shape index (κ3) is 2.22. The molecular formula is C6H9ClN6OS. The SMILES string of the molecule is CC(N)c1noc(-c2nnsc2N)n1.Cl. The van der Waals surface area contributed by atoms with Crippen LogP contribution in [0.5, 0.6) is 0 Å². The highest BCUT2D eigenvalue weighted by Crippen LogP contribution is 2.24. The average molecular weight is 249 g/mol. The Morgan fingerprint density at radius 3 is 2.67 bits per heavy atom. The molecule has 2 aromatic rings. The highest BCUT2D eigenvalue weighted by atomic mass is 35.5. The minimum Gasteiger partial charge on any atom is -0.387 e. The molecule has 2 heterocycles. The second-order valence-electron chi connectivity index (χ2n) is 2.73. The summed E-state index contributed by atoms with van der Waals surface area (Å²) < 4.78 is 8.59. The maximum absolute atomic E-state index is 5.59. The third-order valence-corrected chi connectivity index (χ3v) is 2.12. The smallest absolute Gasteiger partial charge is 0.281 e. The molecule has 0 aliphatic heterocycles. The van der Waals surface area contributed by atoms with E-state index in [0.29, 0.717) is 16.5 Å². The van der Waals surface area contributed by atoms with Gasteiger partial charge in [0.1, 0.15) is 5.00 Å². The van der Waals surface area contributed by atoms with Gasteiger partial charge in [0, 0.05) is 11.5 Å². The molecule has 9 heteroatoms. The molecule has 2 aromatic heterocycles. The molecule has 4 N–H and O–H groups in total. The van der Waals surface area contributed by atoms with Gasteiger partial charge in [0.2, 0.25) is 0 Å². The van der Waals surface area contributed by atoms with Crippen LogP contribution in [0.4, 0.5) is 5.00 Å². The quantitative estimate of drug-likeness (QED) is 0.800. The van der Waals surface area contributed by atoms with Gasteiger partial charge in [0.15, 0.2) is 11.5 Å². The summed E-state index contributed by atoms with van der Waals surface area (Å²) in [4.78, 5) is 4.03. The summed E-state index contributed by atoms with van der Waals surface area (Å²) in [6, 6.07) is -0.277. The van der Waals surface area contributed by atoms with E-state index < -0.39 is 0 Å². The number of aromatic nitrogens is 4. The first-order valence-corrected chi connectivity index (χ1v) is 4.63. The summed E-state index contributed by atoms with van der Waals surface area (Å²) in [5.41, 5.74) is 11.6. The Hall–Kier alpha value is -1.25. The van der Waals surface area contributed by atoms with Crippen molar-refractivity contribution < 1.29 is 4.52 Å². The van der Waals surface area contributed by atoms with E-state index in [4.69, 9.17) is 16.0 Å². The van der Waals surface area contributed by atoms with E-state index in [1.807, 2.05) is 0 Å². The Labute approximate surface area is 95.4 Å². The molecule has 2 rings (SSSR count). The summed E-state index contributed by atoms with van der Waals surface area (Å²) in [5, 5.41) is 7.90. The number of nitrogens with two attached hydrogens (primary N) is 2. The van der Waals surface area contributed by atoms with Crippen molar-refractivity contribution in [1.82, 2.24) is 19.7 Å². The molecule has 0 aliphatic rings. The maximum Gasteiger partial charge on any atom is 0.281 e. The lowest BCUT2D eigenvalue weighted by atomic mass is 10.3. The van der Waals surface area contributed by atoms with Crippen LogP contribution < -0.4 is 11.5 Å². The van der Waals surface area contributed by atoms with Gasteiger partial charge in [0.05, 0.1) is 6.04 Å². The van der Waals surface area contributed by atoms with Crippen LogP contribution in [0.15, 0.2) is 4.52 Å². The Morgan fingerprint density at radius 1 is 1.47 bits per heavy atom. The summed E-state index contributed by atoms with van der Waals surface area (Å²) >= 11 is 1.07. The number of hydrogen-bond donors (Lipinski definition) is 2. The van der Waals surface area contributed by atoms with Gasteiger partial charge in [-0.1, -0.05) is 9.64 Å². The van der Waals surface area contributed by atoms with Crippen LogP contribution in [0.3, 0.4) is 0 Å². The zero-order chi connectivity index (χ0) is 10.1. The van der Waals surface area contributed by atoms with Crippen LogP contribution in [0.1, 0.15) is 18.8 Å². The minimum absolute atomic E-state index is 0. The van der Waals surface area contributed by atoms with Gasteiger partial charge in [-0.3, -0.25) is 0 Å². The zero-order valence-corrected chi connectivity index (χ0v) is 9.38. The molecule has 15 heavy (non-hydrogen) atoms. The molecule has 0 saturated heterocycles. The van der Waals surface area contributed by atoms with Crippen molar-refractivity contribution in [3.63, 3.8) is 0 Å².